The Hall–Kier alpha value is -4.74. The molecule has 2 atom stereocenters. The number of rotatable bonds is 4. The minimum absolute atomic E-state index is 0.0931. The first kappa shape index (κ1) is 40.0. The summed E-state index contributed by atoms with van der Waals surface area (Å²) in [5.41, 5.74) is -9.13. The lowest BCUT2D eigenvalue weighted by molar-refractivity contribution is -0.299. The summed E-state index contributed by atoms with van der Waals surface area (Å²) in [5.74, 6) is -3.97. The normalized spacial score (nSPS) is 18.9. The molecule has 3 heterocycles. The predicted octanol–water partition coefficient (Wildman–Crippen LogP) is 8.71. The Kier molecular flexibility index (Phi) is 11.3. The summed E-state index contributed by atoms with van der Waals surface area (Å²) in [4.78, 5) is 44.0. The highest BCUT2D eigenvalue weighted by Crippen LogP contribution is 2.48. The van der Waals surface area contributed by atoms with Crippen LogP contribution in [0.15, 0.2) is 40.8 Å². The number of anilines is 1. The van der Waals surface area contributed by atoms with Crippen LogP contribution in [0.1, 0.15) is 91.2 Å². The summed E-state index contributed by atoms with van der Waals surface area (Å²) < 4.78 is 117. The molecule has 1 aromatic carbocycles. The number of aromatic nitrogens is 3. The maximum atomic E-state index is 15.2. The number of benzene rings is 1. The number of ketones is 1. The van der Waals surface area contributed by atoms with Gasteiger partial charge in [-0.1, -0.05) is 30.3 Å². The van der Waals surface area contributed by atoms with E-state index in [1.165, 1.54) is 60.6 Å². The van der Waals surface area contributed by atoms with Crippen molar-refractivity contribution in [2.24, 2.45) is 0 Å². The van der Waals surface area contributed by atoms with E-state index in [-0.39, 0.29) is 17.7 Å². The minimum Gasteiger partial charge on any atom is -0.474 e. The molecule has 1 aliphatic heterocycles. The minimum atomic E-state index is -5.29. The van der Waals surface area contributed by atoms with E-state index in [4.69, 9.17) is 23.4 Å². The van der Waals surface area contributed by atoms with Crippen molar-refractivity contribution in [2.45, 2.75) is 116 Å². The van der Waals surface area contributed by atoms with Gasteiger partial charge in [-0.2, -0.15) is 31.2 Å². The van der Waals surface area contributed by atoms with Crippen LogP contribution in [0.5, 0.6) is 5.88 Å². The number of pyridine rings is 1. The largest absolute Gasteiger partial charge is 0.474 e. The van der Waals surface area contributed by atoms with E-state index in [1.807, 2.05) is 0 Å². The lowest BCUT2D eigenvalue weighted by Gasteiger charge is -2.32. The molecule has 18 heteroatoms. The number of halogens is 6. The first-order valence-corrected chi connectivity index (χ1v) is 16.1. The zero-order valence-electron chi connectivity index (χ0n) is 29.4. The van der Waals surface area contributed by atoms with E-state index < -0.39 is 107 Å². The second kappa shape index (κ2) is 14.7. The Morgan fingerprint density at radius 2 is 1.52 bits per heavy atom. The number of alkyl halides is 6. The highest BCUT2D eigenvalue weighted by Gasteiger charge is 2.61. The molecule has 0 N–H and O–H groups in total. The second-order valence-corrected chi connectivity index (χ2v) is 14.0. The molecule has 0 spiro atoms. The summed E-state index contributed by atoms with van der Waals surface area (Å²) in [5, 5.41) is 7.26. The van der Waals surface area contributed by atoms with Crippen molar-refractivity contribution in [3.8, 4) is 17.5 Å². The summed E-state index contributed by atoms with van der Waals surface area (Å²) in [6.45, 7) is 9.21. The quantitative estimate of drug-likeness (QED) is 0.237. The lowest BCUT2D eigenvalue weighted by atomic mass is 9.93. The number of Topliss-reactive ketones (excluding diaryl/α,β-unsaturated/α-hetero) is 1. The SMILES string of the molecule is C[C@@H]1CCC(=O)CC[C@](OCc2ccccc2)(C(F)(F)F)c2nnc(o2)-c2nc(c(C(F)(F)F)cc2N(C(=O)OC(C)(C)C)C(=O)OC(C)(C)C)O1. The van der Waals surface area contributed by atoms with Gasteiger partial charge in [-0.05, 0) is 66.5 Å². The third kappa shape index (κ3) is 9.57. The maximum Gasteiger partial charge on any atom is 0.426 e. The topological polar surface area (TPSA) is 143 Å². The fraction of sp³-hybridized carbons (Fsp3) is 0.529. The van der Waals surface area contributed by atoms with Crippen molar-refractivity contribution >= 4 is 23.7 Å². The van der Waals surface area contributed by atoms with Gasteiger partial charge in [0.25, 0.3) is 11.8 Å². The van der Waals surface area contributed by atoms with Gasteiger partial charge in [0, 0.05) is 19.3 Å². The Morgan fingerprint density at radius 1 is 0.923 bits per heavy atom. The zero-order valence-corrected chi connectivity index (χ0v) is 29.4. The van der Waals surface area contributed by atoms with Crippen molar-refractivity contribution in [3.05, 3.63) is 53.4 Å². The van der Waals surface area contributed by atoms with E-state index in [1.54, 1.807) is 18.2 Å². The van der Waals surface area contributed by atoms with Gasteiger partial charge < -0.3 is 23.4 Å². The molecule has 4 bridgehead atoms. The number of fused-ring (bicyclic) bond motifs is 5. The van der Waals surface area contributed by atoms with Crippen LogP contribution in [0.4, 0.5) is 41.6 Å². The van der Waals surface area contributed by atoms with Crippen LogP contribution < -0.4 is 9.64 Å². The molecule has 2 aromatic heterocycles. The summed E-state index contributed by atoms with van der Waals surface area (Å²) >= 11 is 0. The van der Waals surface area contributed by atoms with Gasteiger partial charge in [-0.25, -0.2) is 14.6 Å². The molecule has 4 rings (SSSR count). The van der Waals surface area contributed by atoms with Gasteiger partial charge in [0.05, 0.1) is 18.4 Å². The van der Waals surface area contributed by atoms with E-state index in [9.17, 15) is 27.6 Å². The average Bonchev–Trinajstić information content (AvgIpc) is 3.48. The Morgan fingerprint density at radius 3 is 2.06 bits per heavy atom. The summed E-state index contributed by atoms with van der Waals surface area (Å²) in [6.07, 6.45) is -17.0. The molecule has 1 aliphatic rings. The number of hydrogen-bond acceptors (Lipinski definition) is 11. The van der Waals surface area contributed by atoms with Gasteiger partial charge in [0.1, 0.15) is 22.5 Å². The number of carbonyl (C=O) groups excluding carboxylic acids is 3. The Labute approximate surface area is 294 Å². The standard InChI is InChI=1S/C34H38F6N4O8/c1-19-13-14-21(45)15-16-32(34(38,39)40,48-18-20-11-9-8-10-12-20)27-43-42-26(50-27)24-23(17-22(33(35,36)37)25(41-24)49-19)44(28(46)51-30(2,3)4)29(47)52-31(5,6)7/h8-12,17,19H,13-16,18H2,1-7H3/t19-,32-/m1/s1. The van der Waals surface area contributed by atoms with E-state index >= 15 is 13.2 Å². The van der Waals surface area contributed by atoms with E-state index in [2.05, 4.69) is 15.2 Å². The van der Waals surface area contributed by atoms with E-state index in [0.717, 1.165) is 0 Å². The van der Waals surface area contributed by atoms with Crippen molar-refractivity contribution in [3.63, 3.8) is 0 Å². The molecule has 2 amide bonds. The molecule has 0 radical (unpaired) electrons. The van der Waals surface area contributed by atoms with Crippen molar-refractivity contribution < 1.29 is 64.1 Å². The highest BCUT2D eigenvalue weighted by molar-refractivity contribution is 6.11. The van der Waals surface area contributed by atoms with E-state index in [0.29, 0.717) is 11.6 Å². The molecule has 12 nitrogen and oxygen atoms in total. The Bertz CT molecular complexity index is 1740. The molecule has 0 aliphatic carbocycles. The van der Waals surface area contributed by atoms with Gasteiger partial charge in [0.15, 0.2) is 5.69 Å². The van der Waals surface area contributed by atoms with Crippen LogP contribution in [-0.4, -0.2) is 56.6 Å². The summed E-state index contributed by atoms with van der Waals surface area (Å²) in [7, 11) is 0. The van der Waals surface area contributed by atoms with Crippen LogP contribution in [0.2, 0.25) is 0 Å². The summed E-state index contributed by atoms with van der Waals surface area (Å²) in [6, 6.07) is 8.09. The third-order valence-electron chi connectivity index (χ3n) is 7.32. The maximum absolute atomic E-state index is 15.2. The van der Waals surface area contributed by atoms with Crippen molar-refractivity contribution in [1.29, 1.82) is 0 Å². The molecule has 0 fully saturated rings. The fourth-order valence-electron chi connectivity index (χ4n) is 4.90. The Balaban J connectivity index is 2.05. The number of imide groups is 1. The highest BCUT2D eigenvalue weighted by atomic mass is 19.4. The van der Waals surface area contributed by atoms with Gasteiger partial charge in [-0.15, -0.1) is 10.2 Å². The molecule has 0 unspecified atom stereocenters. The number of carbonyl (C=O) groups is 3. The number of amides is 2. The molecular formula is C34H38F6N4O8. The monoisotopic (exact) mass is 744 g/mol. The predicted molar refractivity (Wildman–Crippen MR) is 170 cm³/mol. The zero-order chi connectivity index (χ0) is 38.9. The average molecular weight is 745 g/mol. The van der Waals surface area contributed by atoms with Crippen molar-refractivity contribution in [2.75, 3.05) is 4.90 Å². The van der Waals surface area contributed by atoms with Crippen LogP contribution in [0, 0.1) is 0 Å². The first-order valence-electron chi connectivity index (χ1n) is 16.1. The smallest absolute Gasteiger partial charge is 0.426 e. The van der Waals surface area contributed by atoms with Gasteiger partial charge in [-0.3, -0.25) is 4.79 Å². The number of ether oxygens (including phenoxy) is 4. The third-order valence-corrected chi connectivity index (χ3v) is 7.32. The van der Waals surface area contributed by atoms with Crippen LogP contribution in [-0.2, 0) is 37.4 Å². The van der Waals surface area contributed by atoms with Gasteiger partial charge >= 0.3 is 24.5 Å². The number of nitrogens with zero attached hydrogens (tertiary/aromatic N) is 4. The fourth-order valence-corrected chi connectivity index (χ4v) is 4.90. The molecular weight excluding hydrogens is 706 g/mol. The molecule has 3 aromatic rings. The van der Waals surface area contributed by atoms with Crippen LogP contribution in [0.25, 0.3) is 11.6 Å². The molecule has 52 heavy (non-hydrogen) atoms. The lowest BCUT2D eigenvalue weighted by Crippen LogP contribution is -2.45. The van der Waals surface area contributed by atoms with Crippen molar-refractivity contribution in [1.82, 2.24) is 15.2 Å². The molecule has 0 saturated carbocycles. The molecule has 0 saturated heterocycles. The first-order chi connectivity index (χ1) is 23.9. The van der Waals surface area contributed by atoms with Crippen LogP contribution in [0.3, 0.4) is 0 Å². The number of hydrogen-bond donors (Lipinski definition) is 0. The molecule has 284 valence electrons. The van der Waals surface area contributed by atoms with Crippen LogP contribution >= 0.6 is 0 Å². The van der Waals surface area contributed by atoms with Gasteiger partial charge in [0.2, 0.25) is 11.5 Å². The second-order valence-electron chi connectivity index (χ2n) is 14.0.